The molecule has 0 saturated carbocycles. The SMILES string of the molecule is c1csc(NCCC2CCCNC2)n1. The van der Waals surface area contributed by atoms with Crippen molar-refractivity contribution < 1.29 is 0 Å². The number of anilines is 1. The third-order valence-corrected chi connectivity index (χ3v) is 3.39. The monoisotopic (exact) mass is 211 g/mol. The fourth-order valence-electron chi connectivity index (χ4n) is 1.86. The summed E-state index contributed by atoms with van der Waals surface area (Å²) < 4.78 is 0. The molecule has 0 spiro atoms. The van der Waals surface area contributed by atoms with Crippen molar-refractivity contribution in [2.45, 2.75) is 19.3 Å². The molecule has 0 aliphatic carbocycles. The molecule has 1 fully saturated rings. The van der Waals surface area contributed by atoms with Crippen molar-refractivity contribution in [1.29, 1.82) is 0 Å². The standard InChI is InChI=1S/C10H17N3S/c1-2-9(8-11-4-1)3-5-12-10-13-6-7-14-10/h6-7,9,11H,1-5,8H2,(H,12,13). The molecule has 78 valence electrons. The van der Waals surface area contributed by atoms with Gasteiger partial charge in [-0.2, -0.15) is 0 Å². The van der Waals surface area contributed by atoms with Crippen LogP contribution >= 0.6 is 11.3 Å². The van der Waals surface area contributed by atoms with Gasteiger partial charge in [-0.25, -0.2) is 4.98 Å². The summed E-state index contributed by atoms with van der Waals surface area (Å²) in [6.07, 6.45) is 5.82. The Bertz CT molecular complexity index is 242. The van der Waals surface area contributed by atoms with Gasteiger partial charge < -0.3 is 10.6 Å². The van der Waals surface area contributed by atoms with Crippen molar-refractivity contribution in [2.75, 3.05) is 25.0 Å². The Morgan fingerprint density at radius 3 is 3.36 bits per heavy atom. The van der Waals surface area contributed by atoms with Crippen molar-refractivity contribution in [3.63, 3.8) is 0 Å². The minimum atomic E-state index is 0.858. The fraction of sp³-hybridized carbons (Fsp3) is 0.700. The van der Waals surface area contributed by atoms with Crippen molar-refractivity contribution in [3.05, 3.63) is 11.6 Å². The van der Waals surface area contributed by atoms with E-state index in [2.05, 4.69) is 15.6 Å². The van der Waals surface area contributed by atoms with E-state index in [1.54, 1.807) is 11.3 Å². The maximum absolute atomic E-state index is 4.19. The molecule has 2 N–H and O–H groups in total. The zero-order valence-corrected chi connectivity index (χ0v) is 9.15. The van der Waals surface area contributed by atoms with Crippen LogP contribution in [0.4, 0.5) is 5.13 Å². The minimum absolute atomic E-state index is 0.858. The summed E-state index contributed by atoms with van der Waals surface area (Å²) in [5, 5.41) is 9.84. The average molecular weight is 211 g/mol. The molecule has 0 radical (unpaired) electrons. The highest BCUT2D eigenvalue weighted by Gasteiger charge is 2.11. The highest BCUT2D eigenvalue weighted by Crippen LogP contribution is 2.15. The van der Waals surface area contributed by atoms with Gasteiger partial charge >= 0.3 is 0 Å². The summed E-state index contributed by atoms with van der Waals surface area (Å²) in [5.41, 5.74) is 0. The molecular weight excluding hydrogens is 194 g/mol. The third-order valence-electron chi connectivity index (χ3n) is 2.66. The number of rotatable bonds is 4. The Balaban J connectivity index is 1.62. The van der Waals surface area contributed by atoms with E-state index in [0.717, 1.165) is 17.6 Å². The van der Waals surface area contributed by atoms with Gasteiger partial charge in [0.15, 0.2) is 5.13 Å². The van der Waals surface area contributed by atoms with Crippen molar-refractivity contribution >= 4 is 16.5 Å². The molecule has 1 aromatic rings. The van der Waals surface area contributed by atoms with Gasteiger partial charge in [-0.3, -0.25) is 0 Å². The molecule has 1 atom stereocenters. The van der Waals surface area contributed by atoms with Crippen LogP contribution in [-0.4, -0.2) is 24.6 Å². The third kappa shape index (κ3) is 2.96. The predicted molar refractivity (Wildman–Crippen MR) is 60.8 cm³/mol. The maximum Gasteiger partial charge on any atom is 0.182 e. The van der Waals surface area contributed by atoms with E-state index in [-0.39, 0.29) is 0 Å². The summed E-state index contributed by atoms with van der Waals surface area (Å²) >= 11 is 1.67. The van der Waals surface area contributed by atoms with Gasteiger partial charge in [0.1, 0.15) is 0 Å². The van der Waals surface area contributed by atoms with Crippen LogP contribution in [0.1, 0.15) is 19.3 Å². The van der Waals surface area contributed by atoms with Crippen LogP contribution in [0, 0.1) is 5.92 Å². The summed E-state index contributed by atoms with van der Waals surface area (Å²) in [7, 11) is 0. The topological polar surface area (TPSA) is 37.0 Å². The molecule has 1 unspecified atom stereocenters. The summed E-state index contributed by atoms with van der Waals surface area (Å²) in [6.45, 7) is 3.45. The van der Waals surface area contributed by atoms with Gasteiger partial charge in [-0.05, 0) is 38.3 Å². The zero-order chi connectivity index (χ0) is 9.64. The quantitative estimate of drug-likeness (QED) is 0.799. The molecule has 1 saturated heterocycles. The Morgan fingerprint density at radius 1 is 1.64 bits per heavy atom. The molecule has 1 aliphatic rings. The predicted octanol–water partition coefficient (Wildman–Crippen LogP) is 1.94. The van der Waals surface area contributed by atoms with Gasteiger partial charge in [0.2, 0.25) is 0 Å². The van der Waals surface area contributed by atoms with Crippen LogP contribution in [0.2, 0.25) is 0 Å². The molecule has 3 nitrogen and oxygen atoms in total. The first-order valence-corrected chi connectivity index (χ1v) is 6.17. The van der Waals surface area contributed by atoms with Crippen molar-refractivity contribution in [2.24, 2.45) is 5.92 Å². The molecule has 1 aliphatic heterocycles. The van der Waals surface area contributed by atoms with Crippen molar-refractivity contribution in [3.8, 4) is 0 Å². The summed E-state index contributed by atoms with van der Waals surface area (Å²) in [4.78, 5) is 4.19. The molecule has 2 heterocycles. The Labute approximate surface area is 88.9 Å². The lowest BCUT2D eigenvalue weighted by Crippen LogP contribution is -2.30. The summed E-state index contributed by atoms with van der Waals surface area (Å²) in [6, 6.07) is 0. The lowest BCUT2D eigenvalue weighted by Gasteiger charge is -2.22. The van der Waals surface area contributed by atoms with Crippen LogP contribution in [0.5, 0.6) is 0 Å². The number of thiazole rings is 1. The average Bonchev–Trinajstić information content (AvgIpc) is 2.72. The molecule has 14 heavy (non-hydrogen) atoms. The maximum atomic E-state index is 4.19. The Morgan fingerprint density at radius 2 is 2.64 bits per heavy atom. The van der Waals surface area contributed by atoms with Crippen LogP contribution < -0.4 is 10.6 Å². The Hall–Kier alpha value is -0.610. The minimum Gasteiger partial charge on any atom is -0.362 e. The van der Waals surface area contributed by atoms with Crippen LogP contribution in [-0.2, 0) is 0 Å². The van der Waals surface area contributed by atoms with E-state index >= 15 is 0 Å². The van der Waals surface area contributed by atoms with E-state index in [4.69, 9.17) is 0 Å². The number of nitrogens with zero attached hydrogens (tertiary/aromatic N) is 1. The zero-order valence-electron chi connectivity index (χ0n) is 8.33. The fourth-order valence-corrected chi connectivity index (χ4v) is 2.42. The highest BCUT2D eigenvalue weighted by molar-refractivity contribution is 7.13. The number of hydrogen-bond donors (Lipinski definition) is 2. The number of piperidine rings is 1. The van der Waals surface area contributed by atoms with Crippen molar-refractivity contribution in [1.82, 2.24) is 10.3 Å². The first-order valence-electron chi connectivity index (χ1n) is 5.29. The second kappa shape index (κ2) is 5.32. The van der Waals surface area contributed by atoms with E-state index < -0.39 is 0 Å². The van der Waals surface area contributed by atoms with Gasteiger partial charge in [0.25, 0.3) is 0 Å². The number of nitrogens with one attached hydrogen (secondary N) is 2. The van der Waals surface area contributed by atoms with Gasteiger partial charge in [0.05, 0.1) is 0 Å². The smallest absolute Gasteiger partial charge is 0.182 e. The number of aromatic nitrogens is 1. The second-order valence-corrected chi connectivity index (χ2v) is 4.66. The molecule has 0 aromatic carbocycles. The Kier molecular flexibility index (Phi) is 3.77. The van der Waals surface area contributed by atoms with Crippen LogP contribution in [0.3, 0.4) is 0 Å². The molecule has 2 rings (SSSR count). The van der Waals surface area contributed by atoms with E-state index in [1.807, 2.05) is 11.6 Å². The van der Waals surface area contributed by atoms with E-state index in [9.17, 15) is 0 Å². The molecule has 4 heteroatoms. The largest absolute Gasteiger partial charge is 0.362 e. The van der Waals surface area contributed by atoms with Gasteiger partial charge in [0, 0.05) is 18.1 Å². The second-order valence-electron chi connectivity index (χ2n) is 3.77. The van der Waals surface area contributed by atoms with Gasteiger partial charge in [-0.1, -0.05) is 0 Å². The first kappa shape index (κ1) is 9.93. The molecule has 0 amide bonds. The molecule has 0 bridgehead atoms. The lowest BCUT2D eigenvalue weighted by atomic mass is 9.96. The lowest BCUT2D eigenvalue weighted by molar-refractivity contribution is 0.364. The molecule has 1 aromatic heterocycles. The van der Waals surface area contributed by atoms with E-state index in [0.29, 0.717) is 0 Å². The van der Waals surface area contributed by atoms with E-state index in [1.165, 1.54) is 32.4 Å². The van der Waals surface area contributed by atoms with Crippen LogP contribution in [0.15, 0.2) is 11.6 Å². The summed E-state index contributed by atoms with van der Waals surface area (Å²) in [5.74, 6) is 0.858. The number of hydrogen-bond acceptors (Lipinski definition) is 4. The highest BCUT2D eigenvalue weighted by atomic mass is 32.1. The normalized spacial score (nSPS) is 22.1. The van der Waals surface area contributed by atoms with Gasteiger partial charge in [-0.15, -0.1) is 11.3 Å². The first-order chi connectivity index (χ1) is 6.95. The van der Waals surface area contributed by atoms with Crippen LogP contribution in [0.25, 0.3) is 0 Å². The molecular formula is C10H17N3S.